The van der Waals surface area contributed by atoms with Crippen molar-refractivity contribution in [3.63, 3.8) is 0 Å². The molecule has 1 aromatic heterocycles. The molecular formula is C21H21BrN2O2S. The summed E-state index contributed by atoms with van der Waals surface area (Å²) in [5.74, 6) is 0.828. The van der Waals surface area contributed by atoms with E-state index in [1.165, 1.54) is 0 Å². The van der Waals surface area contributed by atoms with Gasteiger partial charge in [-0.3, -0.25) is 0 Å². The zero-order chi connectivity index (χ0) is 18.6. The first-order chi connectivity index (χ1) is 13.2. The summed E-state index contributed by atoms with van der Waals surface area (Å²) in [6, 6.07) is 16.3. The first-order valence-corrected chi connectivity index (χ1v) is 10.7. The average Bonchev–Trinajstić information content (AvgIpc) is 3.34. The highest BCUT2D eigenvalue weighted by Crippen LogP contribution is 2.31. The number of rotatable bonds is 5. The van der Waals surface area contributed by atoms with Crippen LogP contribution in [0, 0.1) is 0 Å². The van der Waals surface area contributed by atoms with Gasteiger partial charge in [-0.25, -0.2) is 4.99 Å². The third-order valence-corrected chi connectivity index (χ3v) is 6.12. The molecule has 1 atom stereocenters. The van der Waals surface area contributed by atoms with E-state index in [2.05, 4.69) is 38.0 Å². The molecule has 6 heteroatoms. The van der Waals surface area contributed by atoms with Crippen molar-refractivity contribution in [2.45, 2.75) is 25.5 Å². The van der Waals surface area contributed by atoms with E-state index in [1.54, 1.807) is 18.4 Å². The molecule has 0 aliphatic carbocycles. The van der Waals surface area contributed by atoms with Crippen LogP contribution < -0.4 is 9.54 Å². The van der Waals surface area contributed by atoms with Gasteiger partial charge in [0.15, 0.2) is 4.80 Å². The normalized spacial score (nSPS) is 17.4. The van der Waals surface area contributed by atoms with E-state index in [4.69, 9.17) is 14.5 Å². The third-order valence-electron chi connectivity index (χ3n) is 4.64. The molecule has 4 nitrogen and oxygen atoms in total. The Kier molecular flexibility index (Phi) is 5.76. The molecule has 1 fully saturated rings. The number of nitrogens with zero attached hydrogens (tertiary/aromatic N) is 2. The maximum atomic E-state index is 5.90. The van der Waals surface area contributed by atoms with E-state index in [1.807, 2.05) is 36.4 Å². The smallest absolute Gasteiger partial charge is 0.190 e. The zero-order valence-corrected chi connectivity index (χ0v) is 17.5. The number of ether oxygens (including phenoxy) is 2. The summed E-state index contributed by atoms with van der Waals surface area (Å²) in [4.78, 5) is 5.86. The number of aromatic nitrogens is 1. The molecule has 0 spiro atoms. The van der Waals surface area contributed by atoms with Crippen molar-refractivity contribution in [1.29, 1.82) is 0 Å². The number of thiazole rings is 1. The molecular weight excluding hydrogens is 424 g/mol. The monoisotopic (exact) mass is 444 g/mol. The first-order valence-electron chi connectivity index (χ1n) is 8.98. The van der Waals surface area contributed by atoms with E-state index < -0.39 is 0 Å². The number of methoxy groups -OCH3 is 1. The lowest BCUT2D eigenvalue weighted by Gasteiger charge is -2.14. The molecule has 0 bridgehead atoms. The van der Waals surface area contributed by atoms with Crippen LogP contribution in [-0.4, -0.2) is 24.4 Å². The molecule has 1 aliphatic heterocycles. The summed E-state index contributed by atoms with van der Waals surface area (Å²) >= 11 is 5.26. The minimum absolute atomic E-state index is 0.245. The van der Waals surface area contributed by atoms with Crippen LogP contribution in [0.2, 0.25) is 0 Å². The Bertz CT molecular complexity index is 975. The van der Waals surface area contributed by atoms with Crippen molar-refractivity contribution in [1.82, 2.24) is 4.57 Å². The van der Waals surface area contributed by atoms with E-state index in [0.29, 0.717) is 0 Å². The molecule has 1 saturated heterocycles. The summed E-state index contributed by atoms with van der Waals surface area (Å²) in [5.41, 5.74) is 3.24. The summed E-state index contributed by atoms with van der Waals surface area (Å²) < 4.78 is 14.5. The van der Waals surface area contributed by atoms with Crippen LogP contribution in [-0.2, 0) is 11.3 Å². The van der Waals surface area contributed by atoms with Crippen LogP contribution in [0.25, 0.3) is 11.3 Å². The molecule has 0 saturated carbocycles. The lowest BCUT2D eigenvalue weighted by atomic mass is 10.1. The molecule has 1 unspecified atom stereocenters. The van der Waals surface area contributed by atoms with Gasteiger partial charge in [0.25, 0.3) is 0 Å². The second kappa shape index (κ2) is 8.42. The highest BCUT2D eigenvalue weighted by molar-refractivity contribution is 9.10. The molecule has 140 valence electrons. The van der Waals surface area contributed by atoms with Gasteiger partial charge in [-0.05, 0) is 59.1 Å². The maximum Gasteiger partial charge on any atom is 0.190 e. The Hall–Kier alpha value is -1.89. The van der Waals surface area contributed by atoms with Crippen molar-refractivity contribution in [3.8, 4) is 17.0 Å². The lowest BCUT2D eigenvalue weighted by Crippen LogP contribution is -2.24. The van der Waals surface area contributed by atoms with Gasteiger partial charge < -0.3 is 14.0 Å². The fourth-order valence-corrected chi connectivity index (χ4v) is 4.74. The molecule has 2 heterocycles. The molecule has 2 aromatic carbocycles. The van der Waals surface area contributed by atoms with Crippen LogP contribution in [0.5, 0.6) is 5.75 Å². The predicted octanol–water partition coefficient (Wildman–Crippen LogP) is 5.40. The average molecular weight is 445 g/mol. The van der Waals surface area contributed by atoms with E-state index in [9.17, 15) is 0 Å². The van der Waals surface area contributed by atoms with Crippen molar-refractivity contribution >= 4 is 33.0 Å². The number of para-hydroxylation sites is 1. The van der Waals surface area contributed by atoms with Gasteiger partial charge in [-0.2, -0.15) is 0 Å². The fourth-order valence-electron chi connectivity index (χ4n) is 3.26. The highest BCUT2D eigenvalue weighted by Gasteiger charge is 2.19. The largest absolute Gasteiger partial charge is 0.496 e. The predicted molar refractivity (Wildman–Crippen MR) is 113 cm³/mol. The molecule has 0 radical (unpaired) electrons. The Morgan fingerprint density at radius 2 is 2.11 bits per heavy atom. The number of halogens is 1. The molecule has 0 amide bonds. The van der Waals surface area contributed by atoms with Crippen molar-refractivity contribution in [2.24, 2.45) is 4.99 Å². The van der Waals surface area contributed by atoms with Gasteiger partial charge in [0.05, 0.1) is 35.6 Å². The lowest BCUT2D eigenvalue weighted by molar-refractivity contribution is 0.0968. The molecule has 4 rings (SSSR count). The van der Waals surface area contributed by atoms with Crippen molar-refractivity contribution < 1.29 is 9.47 Å². The molecule has 3 aromatic rings. The van der Waals surface area contributed by atoms with Crippen LogP contribution in [0.15, 0.2) is 63.4 Å². The maximum absolute atomic E-state index is 5.90. The second-order valence-electron chi connectivity index (χ2n) is 6.45. The number of hydrogen-bond donors (Lipinski definition) is 0. The Labute approximate surface area is 171 Å². The van der Waals surface area contributed by atoms with Crippen LogP contribution >= 0.6 is 27.3 Å². The Balaban J connectivity index is 1.79. The summed E-state index contributed by atoms with van der Waals surface area (Å²) in [7, 11) is 1.68. The minimum atomic E-state index is 0.245. The second-order valence-corrected chi connectivity index (χ2v) is 8.14. The summed E-state index contributed by atoms with van der Waals surface area (Å²) in [6.45, 7) is 1.66. The Morgan fingerprint density at radius 1 is 1.26 bits per heavy atom. The number of hydrogen-bond acceptors (Lipinski definition) is 4. The summed E-state index contributed by atoms with van der Waals surface area (Å²) in [6.07, 6.45) is 2.47. The van der Waals surface area contributed by atoms with Gasteiger partial charge >= 0.3 is 0 Å². The quantitative estimate of drug-likeness (QED) is 0.527. The van der Waals surface area contributed by atoms with E-state index in [0.717, 1.165) is 58.0 Å². The molecule has 1 aliphatic rings. The van der Waals surface area contributed by atoms with Crippen molar-refractivity contribution in [2.75, 3.05) is 13.7 Å². The van der Waals surface area contributed by atoms with Gasteiger partial charge in [0.2, 0.25) is 0 Å². The van der Waals surface area contributed by atoms with Crippen LogP contribution in [0.4, 0.5) is 5.69 Å². The van der Waals surface area contributed by atoms with Gasteiger partial charge in [-0.15, -0.1) is 11.3 Å². The van der Waals surface area contributed by atoms with E-state index in [-0.39, 0.29) is 6.10 Å². The zero-order valence-electron chi connectivity index (χ0n) is 15.1. The molecule has 0 N–H and O–H groups in total. The van der Waals surface area contributed by atoms with Gasteiger partial charge in [0, 0.05) is 17.6 Å². The first kappa shape index (κ1) is 18.5. The third kappa shape index (κ3) is 4.18. The van der Waals surface area contributed by atoms with Gasteiger partial charge in [-0.1, -0.05) is 18.2 Å². The standard InChI is InChI=1S/C21H21BrN2O2S/c1-25-20-10-9-15(12-18(20)22)19-14-27-21(23-16-6-3-2-4-7-16)24(19)13-17-8-5-11-26-17/h2-4,6-7,9-10,12,14,17H,5,8,11,13H2,1H3. The van der Waals surface area contributed by atoms with Gasteiger partial charge in [0.1, 0.15) is 5.75 Å². The minimum Gasteiger partial charge on any atom is -0.496 e. The van der Waals surface area contributed by atoms with Crippen LogP contribution in [0.3, 0.4) is 0 Å². The summed E-state index contributed by atoms with van der Waals surface area (Å²) in [5, 5.41) is 2.17. The van der Waals surface area contributed by atoms with Crippen molar-refractivity contribution in [3.05, 3.63) is 63.2 Å². The molecule has 27 heavy (non-hydrogen) atoms. The van der Waals surface area contributed by atoms with Crippen LogP contribution in [0.1, 0.15) is 12.8 Å². The highest BCUT2D eigenvalue weighted by atomic mass is 79.9. The Morgan fingerprint density at radius 3 is 2.81 bits per heavy atom. The number of benzene rings is 2. The SMILES string of the molecule is COc1ccc(-c2csc(=Nc3ccccc3)n2CC2CCCO2)cc1Br. The fraction of sp³-hybridized carbons (Fsp3) is 0.286. The topological polar surface area (TPSA) is 35.8 Å². The van der Waals surface area contributed by atoms with E-state index >= 15 is 0 Å².